The van der Waals surface area contributed by atoms with Gasteiger partial charge in [-0.25, -0.2) is 0 Å². The number of unbranched alkanes of at least 4 members (excludes halogenated alkanes) is 1. The average molecular weight is 340 g/mol. The molecule has 0 unspecified atom stereocenters. The first-order chi connectivity index (χ1) is 12.0. The Bertz CT molecular complexity index is 770. The lowest BCUT2D eigenvalue weighted by Crippen LogP contribution is -2.11. The Hall–Kier alpha value is -2.82. The van der Waals surface area contributed by atoms with Crippen LogP contribution in [0.1, 0.15) is 37.3 Å². The molecule has 132 valence electrons. The summed E-state index contributed by atoms with van der Waals surface area (Å²) in [6.07, 6.45) is 3.93. The molecule has 25 heavy (non-hydrogen) atoms. The Morgan fingerprint density at radius 1 is 1.28 bits per heavy atom. The predicted molar refractivity (Wildman–Crippen MR) is 101 cm³/mol. The number of phenols is 1. The van der Waals surface area contributed by atoms with Gasteiger partial charge in [0.2, 0.25) is 5.91 Å². The number of anilines is 1. The highest BCUT2D eigenvalue weighted by atomic mass is 16.5. The van der Waals surface area contributed by atoms with Crippen LogP contribution in [-0.4, -0.2) is 24.3 Å². The second-order valence-electron chi connectivity index (χ2n) is 5.86. The summed E-state index contributed by atoms with van der Waals surface area (Å²) in [5, 5.41) is 12.7. The van der Waals surface area contributed by atoms with E-state index in [4.69, 9.17) is 4.74 Å². The molecule has 2 N–H and O–H groups in total. The zero-order chi connectivity index (χ0) is 18.2. The molecule has 0 saturated carbocycles. The molecular weight excluding hydrogens is 316 g/mol. The summed E-state index contributed by atoms with van der Waals surface area (Å²) in [6, 6.07) is 10.7. The Morgan fingerprint density at radius 3 is 2.80 bits per heavy atom. The normalized spacial score (nSPS) is 10.8. The molecule has 0 aromatic heterocycles. The van der Waals surface area contributed by atoms with Crippen LogP contribution in [0.15, 0.2) is 41.4 Å². The minimum Gasteiger partial charge on any atom is -0.507 e. The molecule has 0 aliphatic heterocycles. The van der Waals surface area contributed by atoms with Gasteiger partial charge in [-0.15, -0.1) is 0 Å². The summed E-state index contributed by atoms with van der Waals surface area (Å²) in [5.74, 6) is 0.704. The zero-order valence-electron chi connectivity index (χ0n) is 14.9. The number of aromatic hydroxyl groups is 1. The van der Waals surface area contributed by atoms with E-state index in [1.165, 1.54) is 0 Å². The van der Waals surface area contributed by atoms with Gasteiger partial charge < -0.3 is 15.2 Å². The quantitative estimate of drug-likeness (QED) is 0.724. The first-order valence-electron chi connectivity index (χ1n) is 8.35. The lowest BCUT2D eigenvalue weighted by atomic mass is 10.1. The van der Waals surface area contributed by atoms with Gasteiger partial charge in [0, 0.05) is 24.3 Å². The summed E-state index contributed by atoms with van der Waals surface area (Å²) in [7, 11) is 1.55. The maximum atomic E-state index is 11.9. The molecule has 0 bridgehead atoms. The third-order valence-corrected chi connectivity index (χ3v) is 3.75. The van der Waals surface area contributed by atoms with Crippen LogP contribution < -0.4 is 10.1 Å². The van der Waals surface area contributed by atoms with Crippen molar-refractivity contribution in [1.82, 2.24) is 0 Å². The predicted octanol–water partition coefficient (Wildman–Crippen LogP) is 4.59. The zero-order valence-corrected chi connectivity index (χ0v) is 14.9. The number of rotatable bonds is 7. The van der Waals surface area contributed by atoms with Gasteiger partial charge in [-0.05, 0) is 37.6 Å². The summed E-state index contributed by atoms with van der Waals surface area (Å²) < 4.78 is 5.35. The molecule has 2 rings (SSSR count). The largest absolute Gasteiger partial charge is 0.507 e. The minimum atomic E-state index is -0.0268. The number of benzene rings is 2. The summed E-state index contributed by atoms with van der Waals surface area (Å²) >= 11 is 0. The molecule has 2 aromatic rings. The molecule has 1 amide bonds. The standard InChI is InChI=1S/C20H24N2O3/c1-4-5-6-20(24)22-17-9-8-16(12-19(17)25-3)21-13-15-11-14(2)7-10-18(15)23/h7-13,23H,4-6H2,1-3H3,(H,22,24). The number of nitrogens with one attached hydrogen (secondary N) is 1. The third-order valence-electron chi connectivity index (χ3n) is 3.75. The molecule has 0 radical (unpaired) electrons. The smallest absolute Gasteiger partial charge is 0.224 e. The molecule has 0 aliphatic rings. The first-order valence-corrected chi connectivity index (χ1v) is 8.35. The van der Waals surface area contributed by atoms with Crippen molar-refractivity contribution in [2.24, 2.45) is 4.99 Å². The van der Waals surface area contributed by atoms with Crippen molar-refractivity contribution < 1.29 is 14.6 Å². The molecule has 2 aromatic carbocycles. The molecule has 0 aliphatic carbocycles. The highest BCUT2D eigenvalue weighted by molar-refractivity contribution is 5.93. The highest BCUT2D eigenvalue weighted by Crippen LogP contribution is 2.30. The van der Waals surface area contributed by atoms with Crippen LogP contribution in [0.2, 0.25) is 0 Å². The number of hydrogen-bond acceptors (Lipinski definition) is 4. The topological polar surface area (TPSA) is 70.9 Å². The van der Waals surface area contributed by atoms with Gasteiger partial charge in [-0.2, -0.15) is 0 Å². The SMILES string of the molecule is CCCCC(=O)Nc1ccc(N=Cc2cc(C)ccc2O)cc1OC. The van der Waals surface area contributed by atoms with Crippen LogP contribution >= 0.6 is 0 Å². The van der Waals surface area contributed by atoms with Crippen molar-refractivity contribution in [3.8, 4) is 11.5 Å². The first kappa shape index (κ1) is 18.5. The van der Waals surface area contributed by atoms with E-state index in [1.807, 2.05) is 26.0 Å². The number of amides is 1. The molecule has 5 heteroatoms. The molecule has 0 fully saturated rings. The van der Waals surface area contributed by atoms with E-state index in [0.29, 0.717) is 29.1 Å². The summed E-state index contributed by atoms with van der Waals surface area (Å²) in [4.78, 5) is 16.3. The fraction of sp³-hybridized carbons (Fsp3) is 0.300. The van der Waals surface area contributed by atoms with Crippen LogP contribution in [0.4, 0.5) is 11.4 Å². The fourth-order valence-electron chi connectivity index (χ4n) is 2.33. The van der Waals surface area contributed by atoms with E-state index >= 15 is 0 Å². The number of aryl methyl sites for hydroxylation is 1. The number of hydrogen-bond donors (Lipinski definition) is 2. The molecule has 0 heterocycles. The maximum absolute atomic E-state index is 11.9. The maximum Gasteiger partial charge on any atom is 0.224 e. The highest BCUT2D eigenvalue weighted by Gasteiger charge is 2.08. The fourth-order valence-corrected chi connectivity index (χ4v) is 2.33. The van der Waals surface area contributed by atoms with Crippen molar-refractivity contribution in [1.29, 1.82) is 0 Å². The monoisotopic (exact) mass is 340 g/mol. The lowest BCUT2D eigenvalue weighted by molar-refractivity contribution is -0.116. The Kier molecular flexibility index (Phi) is 6.57. The van der Waals surface area contributed by atoms with Crippen molar-refractivity contribution in [2.75, 3.05) is 12.4 Å². The van der Waals surface area contributed by atoms with Gasteiger partial charge in [-0.1, -0.05) is 25.0 Å². The molecule has 5 nitrogen and oxygen atoms in total. The van der Waals surface area contributed by atoms with Crippen LogP contribution in [-0.2, 0) is 4.79 Å². The average Bonchev–Trinajstić information content (AvgIpc) is 2.61. The van der Waals surface area contributed by atoms with Crippen molar-refractivity contribution in [2.45, 2.75) is 33.1 Å². The van der Waals surface area contributed by atoms with Crippen molar-refractivity contribution >= 4 is 23.5 Å². The van der Waals surface area contributed by atoms with Crippen molar-refractivity contribution in [3.05, 3.63) is 47.5 Å². The van der Waals surface area contributed by atoms with E-state index in [1.54, 1.807) is 37.6 Å². The van der Waals surface area contributed by atoms with Crippen LogP contribution in [0.3, 0.4) is 0 Å². The van der Waals surface area contributed by atoms with Crippen LogP contribution in [0.25, 0.3) is 0 Å². The van der Waals surface area contributed by atoms with Gasteiger partial charge in [0.15, 0.2) is 0 Å². The Morgan fingerprint density at radius 2 is 2.08 bits per heavy atom. The van der Waals surface area contributed by atoms with E-state index < -0.39 is 0 Å². The number of carbonyl (C=O) groups excluding carboxylic acids is 1. The van der Waals surface area contributed by atoms with Gasteiger partial charge in [0.25, 0.3) is 0 Å². The number of phenolic OH excluding ortho intramolecular Hbond substituents is 1. The van der Waals surface area contributed by atoms with Crippen molar-refractivity contribution in [3.63, 3.8) is 0 Å². The summed E-state index contributed by atoms with van der Waals surface area (Å²) in [6.45, 7) is 4.00. The number of carbonyl (C=O) groups is 1. The molecular formula is C20H24N2O3. The van der Waals surface area contributed by atoms with Crippen LogP contribution in [0.5, 0.6) is 11.5 Å². The Balaban J connectivity index is 2.16. The van der Waals surface area contributed by atoms with Gasteiger partial charge in [-0.3, -0.25) is 9.79 Å². The van der Waals surface area contributed by atoms with E-state index in [9.17, 15) is 9.90 Å². The van der Waals surface area contributed by atoms with Gasteiger partial charge in [0.1, 0.15) is 11.5 Å². The minimum absolute atomic E-state index is 0.0268. The molecule has 0 saturated heterocycles. The number of methoxy groups -OCH3 is 1. The second-order valence-corrected chi connectivity index (χ2v) is 5.86. The third kappa shape index (κ3) is 5.35. The lowest BCUT2D eigenvalue weighted by Gasteiger charge is -2.10. The summed E-state index contributed by atoms with van der Waals surface area (Å²) in [5.41, 5.74) is 2.99. The van der Waals surface area contributed by atoms with Gasteiger partial charge in [0.05, 0.1) is 18.5 Å². The second kappa shape index (κ2) is 8.87. The van der Waals surface area contributed by atoms with E-state index in [0.717, 1.165) is 18.4 Å². The molecule has 0 spiro atoms. The number of aliphatic imine (C=N–C) groups is 1. The van der Waals surface area contributed by atoms with Crippen LogP contribution in [0, 0.1) is 6.92 Å². The van der Waals surface area contributed by atoms with E-state index in [-0.39, 0.29) is 11.7 Å². The van der Waals surface area contributed by atoms with E-state index in [2.05, 4.69) is 10.3 Å². The Labute approximate surface area is 148 Å². The number of ether oxygens (including phenoxy) is 1. The van der Waals surface area contributed by atoms with Gasteiger partial charge >= 0.3 is 0 Å². The molecule has 0 atom stereocenters. The number of nitrogens with zero attached hydrogens (tertiary/aromatic N) is 1.